The third-order valence-corrected chi connectivity index (χ3v) is 4.84. The summed E-state index contributed by atoms with van der Waals surface area (Å²) in [6.45, 7) is 5.36. The molecule has 6 heteroatoms. The maximum absolute atomic E-state index is 11.2. The lowest BCUT2D eigenvalue weighted by atomic mass is 9.86. The molecule has 2 atom stereocenters. The summed E-state index contributed by atoms with van der Waals surface area (Å²) in [7, 11) is 1.64. The van der Waals surface area contributed by atoms with Crippen molar-refractivity contribution < 1.29 is 14.3 Å². The number of aryl methyl sites for hydroxylation is 1. The molecule has 1 aliphatic rings. The summed E-state index contributed by atoms with van der Waals surface area (Å²) in [5.41, 5.74) is -0.0592. The van der Waals surface area contributed by atoms with E-state index in [4.69, 9.17) is 9.15 Å². The van der Waals surface area contributed by atoms with Crippen LogP contribution in [0.1, 0.15) is 44.0 Å². The average molecular weight is 331 g/mol. The average Bonchev–Trinajstić information content (AvgIpc) is 3.25. The number of aliphatic hydroxyl groups is 1. The minimum atomic E-state index is -0.948. The van der Waals surface area contributed by atoms with Crippen molar-refractivity contribution in [1.82, 2.24) is 15.1 Å². The summed E-state index contributed by atoms with van der Waals surface area (Å²) < 4.78 is 10.8. The molecule has 1 N–H and O–H groups in total. The van der Waals surface area contributed by atoms with E-state index in [0.29, 0.717) is 18.3 Å². The second-order valence-corrected chi connectivity index (χ2v) is 6.45. The summed E-state index contributed by atoms with van der Waals surface area (Å²) in [6, 6.07) is 7.64. The number of hydrogen-bond donors (Lipinski definition) is 1. The molecule has 1 aromatic heterocycles. The second-order valence-electron chi connectivity index (χ2n) is 6.45. The van der Waals surface area contributed by atoms with Crippen molar-refractivity contribution in [2.75, 3.05) is 13.7 Å². The van der Waals surface area contributed by atoms with Gasteiger partial charge in [0.1, 0.15) is 11.4 Å². The van der Waals surface area contributed by atoms with Crippen molar-refractivity contribution in [3.8, 4) is 5.75 Å². The molecule has 0 saturated carbocycles. The molecule has 0 aliphatic carbocycles. The Morgan fingerprint density at radius 1 is 1.29 bits per heavy atom. The smallest absolute Gasteiger partial charge is 0.230 e. The number of ether oxygens (including phenoxy) is 1. The first-order valence-electron chi connectivity index (χ1n) is 8.46. The zero-order valence-electron chi connectivity index (χ0n) is 14.5. The van der Waals surface area contributed by atoms with Crippen LogP contribution in [0, 0.1) is 0 Å². The summed E-state index contributed by atoms with van der Waals surface area (Å²) >= 11 is 0. The van der Waals surface area contributed by atoms with Gasteiger partial charge in [0.25, 0.3) is 0 Å². The molecule has 0 spiro atoms. The van der Waals surface area contributed by atoms with Gasteiger partial charge in [0, 0.05) is 12.5 Å². The first-order chi connectivity index (χ1) is 11.5. The van der Waals surface area contributed by atoms with E-state index in [9.17, 15) is 5.11 Å². The van der Waals surface area contributed by atoms with Gasteiger partial charge in [-0.05, 0) is 44.0 Å². The monoisotopic (exact) mass is 331 g/mol. The summed E-state index contributed by atoms with van der Waals surface area (Å²) in [5.74, 6) is 2.06. The first-order valence-corrected chi connectivity index (χ1v) is 8.46. The number of likely N-dealkylation sites (tertiary alicyclic amines) is 1. The molecule has 1 fully saturated rings. The van der Waals surface area contributed by atoms with Gasteiger partial charge in [0.2, 0.25) is 11.8 Å². The highest BCUT2D eigenvalue weighted by Crippen LogP contribution is 2.36. The molecular formula is C18H25N3O3. The lowest BCUT2D eigenvalue weighted by Crippen LogP contribution is -2.45. The van der Waals surface area contributed by atoms with Crippen LogP contribution in [0.3, 0.4) is 0 Å². The van der Waals surface area contributed by atoms with Crippen molar-refractivity contribution in [3.63, 3.8) is 0 Å². The topological polar surface area (TPSA) is 71.6 Å². The van der Waals surface area contributed by atoms with Crippen LogP contribution in [0.2, 0.25) is 0 Å². The molecule has 0 bridgehead atoms. The van der Waals surface area contributed by atoms with Crippen molar-refractivity contribution in [3.05, 3.63) is 41.6 Å². The Morgan fingerprint density at radius 2 is 2.00 bits per heavy atom. The van der Waals surface area contributed by atoms with Gasteiger partial charge in [-0.3, -0.25) is 4.90 Å². The molecule has 1 saturated heterocycles. The van der Waals surface area contributed by atoms with E-state index in [2.05, 4.69) is 15.1 Å². The van der Waals surface area contributed by atoms with E-state index in [-0.39, 0.29) is 6.04 Å². The fraction of sp³-hybridized carbons (Fsp3) is 0.556. The van der Waals surface area contributed by atoms with Gasteiger partial charge in [-0.25, -0.2) is 0 Å². The first kappa shape index (κ1) is 16.9. The highest BCUT2D eigenvalue weighted by Gasteiger charge is 2.41. The van der Waals surface area contributed by atoms with Crippen molar-refractivity contribution in [2.24, 2.45) is 0 Å². The molecule has 0 radical (unpaired) electrons. The van der Waals surface area contributed by atoms with E-state index in [1.807, 2.05) is 38.1 Å². The predicted octanol–water partition coefficient (Wildman–Crippen LogP) is 2.51. The lowest BCUT2D eigenvalue weighted by molar-refractivity contribution is -0.0275. The highest BCUT2D eigenvalue weighted by atomic mass is 16.5. The Hall–Kier alpha value is -1.92. The Labute approximate surface area is 142 Å². The summed E-state index contributed by atoms with van der Waals surface area (Å²) in [5, 5.41) is 19.3. The van der Waals surface area contributed by atoms with Gasteiger partial charge in [-0.1, -0.05) is 19.1 Å². The minimum Gasteiger partial charge on any atom is -0.497 e. The van der Waals surface area contributed by atoms with Gasteiger partial charge in [-0.15, -0.1) is 10.2 Å². The largest absolute Gasteiger partial charge is 0.497 e. The minimum absolute atomic E-state index is 0.0165. The van der Waals surface area contributed by atoms with E-state index in [1.54, 1.807) is 7.11 Å². The number of rotatable bonds is 6. The van der Waals surface area contributed by atoms with Crippen molar-refractivity contribution in [2.45, 2.75) is 51.3 Å². The zero-order valence-corrected chi connectivity index (χ0v) is 14.5. The predicted molar refractivity (Wildman–Crippen MR) is 89.7 cm³/mol. The molecule has 24 heavy (non-hydrogen) atoms. The van der Waals surface area contributed by atoms with E-state index in [1.165, 1.54) is 0 Å². The zero-order chi connectivity index (χ0) is 17.2. The molecule has 3 rings (SSSR count). The maximum Gasteiger partial charge on any atom is 0.230 e. The van der Waals surface area contributed by atoms with Crippen molar-refractivity contribution in [1.29, 1.82) is 0 Å². The van der Waals surface area contributed by atoms with Crippen LogP contribution in [-0.4, -0.2) is 39.9 Å². The number of methoxy groups -OCH3 is 1. The fourth-order valence-electron chi connectivity index (χ4n) is 3.44. The van der Waals surface area contributed by atoms with Crippen LogP contribution in [-0.2, 0) is 18.6 Å². The Bertz CT molecular complexity index is 666. The normalized spacial score (nSPS) is 20.9. The van der Waals surface area contributed by atoms with Gasteiger partial charge in [0.15, 0.2) is 0 Å². The van der Waals surface area contributed by atoms with Crippen molar-refractivity contribution >= 4 is 0 Å². The quantitative estimate of drug-likeness (QED) is 0.877. The Morgan fingerprint density at radius 3 is 2.62 bits per heavy atom. The lowest BCUT2D eigenvalue weighted by Gasteiger charge is -2.36. The molecule has 0 amide bonds. The maximum atomic E-state index is 11.2. The third kappa shape index (κ3) is 3.30. The summed E-state index contributed by atoms with van der Waals surface area (Å²) in [6.07, 6.45) is 2.72. The van der Waals surface area contributed by atoms with Gasteiger partial charge >= 0.3 is 0 Å². The van der Waals surface area contributed by atoms with E-state index < -0.39 is 5.60 Å². The number of hydrogen-bond acceptors (Lipinski definition) is 6. The number of benzene rings is 1. The van der Waals surface area contributed by atoms with E-state index >= 15 is 0 Å². The van der Waals surface area contributed by atoms with E-state index in [0.717, 1.165) is 37.1 Å². The molecule has 1 aromatic carbocycles. The van der Waals surface area contributed by atoms with Gasteiger partial charge < -0.3 is 14.3 Å². The van der Waals surface area contributed by atoms with Gasteiger partial charge in [0.05, 0.1) is 13.7 Å². The van der Waals surface area contributed by atoms with Crippen LogP contribution in [0.4, 0.5) is 0 Å². The summed E-state index contributed by atoms with van der Waals surface area (Å²) in [4.78, 5) is 2.23. The number of aromatic nitrogens is 2. The SMILES string of the molecule is CCc1nnc(CN2CCC[C@@H]2[C@@](C)(O)c2ccc(OC)cc2)o1. The molecule has 2 aromatic rings. The second kappa shape index (κ2) is 6.91. The molecule has 6 nitrogen and oxygen atoms in total. The molecular weight excluding hydrogens is 306 g/mol. The van der Waals surface area contributed by atoms with Crippen LogP contribution >= 0.6 is 0 Å². The molecule has 130 valence electrons. The van der Waals surface area contributed by atoms with Crippen LogP contribution in [0.5, 0.6) is 5.75 Å². The molecule has 0 unspecified atom stereocenters. The molecule has 1 aliphatic heterocycles. The van der Waals surface area contributed by atoms with Gasteiger partial charge in [-0.2, -0.15) is 0 Å². The standard InChI is InChI=1S/C18H25N3O3/c1-4-16-19-20-17(24-16)12-21-11-5-6-15(21)18(2,22)13-7-9-14(23-3)10-8-13/h7-10,15,22H,4-6,11-12H2,1-3H3/t15-,18+/m1/s1. The fourth-order valence-corrected chi connectivity index (χ4v) is 3.44. The Balaban J connectivity index is 1.77. The molecule has 2 heterocycles. The van der Waals surface area contributed by atoms with Crippen LogP contribution in [0.25, 0.3) is 0 Å². The highest BCUT2D eigenvalue weighted by molar-refractivity contribution is 5.31. The number of nitrogens with zero attached hydrogens (tertiary/aromatic N) is 3. The Kier molecular flexibility index (Phi) is 4.87. The third-order valence-electron chi connectivity index (χ3n) is 4.84. The van der Waals surface area contributed by atoms with Crippen LogP contribution in [0.15, 0.2) is 28.7 Å². The van der Waals surface area contributed by atoms with Crippen LogP contribution < -0.4 is 4.74 Å².